The van der Waals surface area contributed by atoms with Crippen molar-refractivity contribution < 1.29 is 9.59 Å². The maximum absolute atomic E-state index is 11.6. The predicted octanol–water partition coefficient (Wildman–Crippen LogP) is 3.21. The van der Waals surface area contributed by atoms with Gasteiger partial charge in [-0.15, -0.1) is 0 Å². The Morgan fingerprint density at radius 3 is 2.39 bits per heavy atom. The lowest BCUT2D eigenvalue weighted by Gasteiger charge is -2.07. The Morgan fingerprint density at radius 2 is 1.74 bits per heavy atom. The van der Waals surface area contributed by atoms with Crippen LogP contribution in [0.5, 0.6) is 0 Å². The van der Waals surface area contributed by atoms with Gasteiger partial charge in [0.15, 0.2) is 0 Å². The molecule has 2 aromatic carbocycles. The van der Waals surface area contributed by atoms with Gasteiger partial charge in [-0.25, -0.2) is 0 Å². The highest BCUT2D eigenvalue weighted by molar-refractivity contribution is 5.83. The summed E-state index contributed by atoms with van der Waals surface area (Å²) in [6, 6.07) is 17.4. The molecular formula is C19H18N2O2. The first-order valence-electron chi connectivity index (χ1n) is 7.44. The molecule has 0 spiro atoms. The largest absolute Gasteiger partial charge is 0.352 e. The van der Waals surface area contributed by atoms with Crippen molar-refractivity contribution in [1.82, 2.24) is 5.32 Å². The first-order chi connectivity index (χ1) is 11.1. The van der Waals surface area contributed by atoms with Crippen LogP contribution < -0.4 is 5.32 Å². The second kappa shape index (κ2) is 7.90. The third-order valence-corrected chi connectivity index (χ3v) is 3.51. The molecule has 116 valence electrons. The SMILES string of the molecule is CC(=O)CCC(=O)NCc1ccc(-c2ccccc2C#N)cc1. The Kier molecular flexibility index (Phi) is 5.65. The lowest BCUT2D eigenvalue weighted by atomic mass is 9.99. The van der Waals surface area contributed by atoms with Crippen LogP contribution in [-0.4, -0.2) is 11.7 Å². The number of hydrogen-bond donors (Lipinski definition) is 1. The molecule has 0 aliphatic heterocycles. The third kappa shape index (κ3) is 4.79. The minimum atomic E-state index is -0.126. The van der Waals surface area contributed by atoms with E-state index in [1.165, 1.54) is 6.92 Å². The number of hydrogen-bond acceptors (Lipinski definition) is 3. The molecule has 0 unspecified atom stereocenters. The van der Waals surface area contributed by atoms with E-state index in [0.717, 1.165) is 16.7 Å². The Bertz CT molecular complexity index is 743. The van der Waals surface area contributed by atoms with Crippen LogP contribution in [0.4, 0.5) is 0 Å². The van der Waals surface area contributed by atoms with Crippen LogP contribution in [-0.2, 0) is 16.1 Å². The quantitative estimate of drug-likeness (QED) is 0.891. The molecule has 0 atom stereocenters. The van der Waals surface area contributed by atoms with Gasteiger partial charge in [0.25, 0.3) is 0 Å². The number of Topliss-reactive ketones (excluding diaryl/α,β-unsaturated/α-hetero) is 1. The van der Waals surface area contributed by atoms with Crippen molar-refractivity contribution in [3.05, 3.63) is 59.7 Å². The molecule has 2 aromatic rings. The number of nitrogens with zero attached hydrogens (tertiary/aromatic N) is 1. The minimum absolute atomic E-state index is 0.0145. The molecule has 4 heteroatoms. The molecule has 0 aliphatic rings. The third-order valence-electron chi connectivity index (χ3n) is 3.51. The lowest BCUT2D eigenvalue weighted by Crippen LogP contribution is -2.22. The van der Waals surface area contributed by atoms with Crippen LogP contribution in [0.15, 0.2) is 48.5 Å². The van der Waals surface area contributed by atoms with Crippen LogP contribution in [0, 0.1) is 11.3 Å². The summed E-state index contributed by atoms with van der Waals surface area (Å²) in [5, 5.41) is 11.9. The molecule has 0 aliphatic carbocycles. The van der Waals surface area contributed by atoms with E-state index >= 15 is 0 Å². The van der Waals surface area contributed by atoms with Crippen molar-refractivity contribution in [2.75, 3.05) is 0 Å². The van der Waals surface area contributed by atoms with Gasteiger partial charge in [0.1, 0.15) is 5.78 Å². The van der Waals surface area contributed by atoms with E-state index in [0.29, 0.717) is 12.1 Å². The summed E-state index contributed by atoms with van der Waals surface area (Å²) in [6.45, 7) is 1.90. The van der Waals surface area contributed by atoms with Crippen LogP contribution in [0.25, 0.3) is 11.1 Å². The number of nitriles is 1. The highest BCUT2D eigenvalue weighted by Crippen LogP contribution is 2.23. The number of rotatable bonds is 6. The van der Waals surface area contributed by atoms with Crippen molar-refractivity contribution in [2.24, 2.45) is 0 Å². The lowest BCUT2D eigenvalue weighted by molar-refractivity contribution is -0.124. The molecule has 0 radical (unpaired) electrons. The highest BCUT2D eigenvalue weighted by atomic mass is 16.2. The maximum atomic E-state index is 11.6. The second-order valence-electron chi connectivity index (χ2n) is 5.33. The summed E-state index contributed by atoms with van der Waals surface area (Å²) in [7, 11) is 0. The summed E-state index contributed by atoms with van der Waals surface area (Å²) in [4.78, 5) is 22.4. The molecule has 0 aromatic heterocycles. The van der Waals surface area contributed by atoms with E-state index in [4.69, 9.17) is 5.26 Å². The van der Waals surface area contributed by atoms with Crippen molar-refractivity contribution in [3.8, 4) is 17.2 Å². The molecule has 2 rings (SSSR count). The fourth-order valence-corrected chi connectivity index (χ4v) is 2.21. The average molecular weight is 306 g/mol. The first-order valence-corrected chi connectivity index (χ1v) is 7.44. The monoisotopic (exact) mass is 306 g/mol. The van der Waals surface area contributed by atoms with E-state index < -0.39 is 0 Å². The Balaban J connectivity index is 1.99. The van der Waals surface area contributed by atoms with Gasteiger partial charge >= 0.3 is 0 Å². The number of amides is 1. The van der Waals surface area contributed by atoms with E-state index in [9.17, 15) is 9.59 Å². The Hall–Kier alpha value is -2.93. The Morgan fingerprint density at radius 1 is 1.04 bits per heavy atom. The second-order valence-corrected chi connectivity index (χ2v) is 5.33. The first kappa shape index (κ1) is 16.4. The molecule has 0 bridgehead atoms. The standard InChI is InChI=1S/C19H18N2O2/c1-14(22)6-11-19(23)21-13-15-7-9-16(10-8-15)18-5-3-2-4-17(18)12-20/h2-5,7-10H,6,11,13H2,1H3,(H,21,23). The van der Waals surface area contributed by atoms with Crippen LogP contribution in [0.2, 0.25) is 0 Å². The molecule has 1 N–H and O–H groups in total. The molecule has 23 heavy (non-hydrogen) atoms. The number of carbonyl (C=O) groups excluding carboxylic acids is 2. The Labute approximate surface area is 135 Å². The normalized spacial score (nSPS) is 9.91. The number of benzene rings is 2. The van der Waals surface area contributed by atoms with Gasteiger partial charge in [-0.3, -0.25) is 4.79 Å². The van der Waals surface area contributed by atoms with Gasteiger partial charge < -0.3 is 10.1 Å². The van der Waals surface area contributed by atoms with Gasteiger partial charge in [-0.1, -0.05) is 42.5 Å². The fourth-order valence-electron chi connectivity index (χ4n) is 2.21. The van der Waals surface area contributed by atoms with Gasteiger partial charge in [0, 0.05) is 19.4 Å². The van der Waals surface area contributed by atoms with Gasteiger partial charge in [-0.2, -0.15) is 5.26 Å². The van der Waals surface area contributed by atoms with Gasteiger partial charge in [0.05, 0.1) is 11.6 Å². The van der Waals surface area contributed by atoms with Crippen LogP contribution in [0.1, 0.15) is 30.9 Å². The number of nitrogens with one attached hydrogen (secondary N) is 1. The predicted molar refractivity (Wildman–Crippen MR) is 88.4 cm³/mol. The number of ketones is 1. The highest BCUT2D eigenvalue weighted by Gasteiger charge is 2.05. The fraction of sp³-hybridized carbons (Fsp3) is 0.211. The molecule has 1 amide bonds. The summed E-state index contributed by atoms with van der Waals surface area (Å²) < 4.78 is 0. The van der Waals surface area contributed by atoms with Crippen molar-refractivity contribution >= 4 is 11.7 Å². The van der Waals surface area contributed by atoms with Crippen molar-refractivity contribution in [3.63, 3.8) is 0 Å². The summed E-state index contributed by atoms with van der Waals surface area (Å²) in [6.07, 6.45) is 0.499. The van der Waals surface area contributed by atoms with E-state index in [-0.39, 0.29) is 24.5 Å². The molecule has 0 fully saturated rings. The number of carbonyl (C=O) groups is 2. The molecule has 4 nitrogen and oxygen atoms in total. The zero-order chi connectivity index (χ0) is 16.7. The van der Waals surface area contributed by atoms with Gasteiger partial charge in [-0.05, 0) is 29.7 Å². The molecular weight excluding hydrogens is 288 g/mol. The van der Waals surface area contributed by atoms with Crippen molar-refractivity contribution in [2.45, 2.75) is 26.3 Å². The molecule has 0 heterocycles. The van der Waals surface area contributed by atoms with E-state index in [1.807, 2.05) is 42.5 Å². The van der Waals surface area contributed by atoms with E-state index in [2.05, 4.69) is 11.4 Å². The summed E-state index contributed by atoms with van der Waals surface area (Å²) in [5.74, 6) is -0.111. The van der Waals surface area contributed by atoms with Crippen LogP contribution in [0.3, 0.4) is 0 Å². The summed E-state index contributed by atoms with van der Waals surface area (Å²) in [5.41, 5.74) is 3.47. The minimum Gasteiger partial charge on any atom is -0.352 e. The average Bonchev–Trinajstić information content (AvgIpc) is 2.58. The zero-order valence-electron chi connectivity index (χ0n) is 13.0. The zero-order valence-corrected chi connectivity index (χ0v) is 13.0. The molecule has 0 saturated carbocycles. The van der Waals surface area contributed by atoms with Crippen LogP contribution >= 0.6 is 0 Å². The van der Waals surface area contributed by atoms with E-state index in [1.54, 1.807) is 6.07 Å². The van der Waals surface area contributed by atoms with Crippen molar-refractivity contribution in [1.29, 1.82) is 5.26 Å². The summed E-state index contributed by atoms with van der Waals surface area (Å²) >= 11 is 0. The molecule has 0 saturated heterocycles. The smallest absolute Gasteiger partial charge is 0.220 e. The topological polar surface area (TPSA) is 70.0 Å². The van der Waals surface area contributed by atoms with Gasteiger partial charge in [0.2, 0.25) is 5.91 Å². The maximum Gasteiger partial charge on any atom is 0.220 e.